The zero-order valence-corrected chi connectivity index (χ0v) is 15.4. The molecule has 0 aromatic heterocycles. The van der Waals surface area contributed by atoms with Crippen molar-refractivity contribution in [2.75, 3.05) is 26.9 Å². The Kier molecular flexibility index (Phi) is 7.81. The smallest absolute Gasteiger partial charge is 0.239 e. The van der Waals surface area contributed by atoms with Crippen LogP contribution in [0.1, 0.15) is 31.2 Å². The maximum atomic E-state index is 12.2. The molecule has 25 heavy (non-hydrogen) atoms. The van der Waals surface area contributed by atoms with Gasteiger partial charge in [0, 0.05) is 24.7 Å². The van der Waals surface area contributed by atoms with Gasteiger partial charge in [0.25, 0.3) is 0 Å². The number of carbonyl (C=O) groups excluding carboxylic acids is 1. The summed E-state index contributed by atoms with van der Waals surface area (Å²) < 4.78 is 16.8. The first kappa shape index (κ1) is 19.8. The Hall–Kier alpha value is -1.50. The summed E-state index contributed by atoms with van der Waals surface area (Å²) in [5, 5.41) is 6.13. The number of methoxy groups -OCH3 is 1. The van der Waals surface area contributed by atoms with Crippen LogP contribution in [-0.4, -0.2) is 44.9 Å². The highest BCUT2D eigenvalue weighted by molar-refractivity contribution is 5.85. The van der Waals surface area contributed by atoms with Crippen molar-refractivity contribution >= 4 is 18.3 Å². The third-order valence-corrected chi connectivity index (χ3v) is 4.56. The Morgan fingerprint density at radius 2 is 2.16 bits per heavy atom. The Balaban J connectivity index is 0.00000225. The highest BCUT2D eigenvalue weighted by atomic mass is 35.5. The van der Waals surface area contributed by atoms with E-state index in [0.717, 1.165) is 29.9 Å². The molecule has 2 aliphatic rings. The van der Waals surface area contributed by atoms with Crippen molar-refractivity contribution in [3.63, 3.8) is 0 Å². The molecule has 7 heteroatoms. The van der Waals surface area contributed by atoms with E-state index in [4.69, 9.17) is 14.2 Å². The lowest BCUT2D eigenvalue weighted by Gasteiger charge is -2.23. The van der Waals surface area contributed by atoms with E-state index >= 15 is 0 Å². The molecule has 1 saturated carbocycles. The fraction of sp³-hybridized carbons (Fsp3) is 0.611. The zero-order valence-electron chi connectivity index (χ0n) is 14.6. The molecule has 1 heterocycles. The van der Waals surface area contributed by atoms with Crippen LogP contribution < -0.4 is 20.1 Å². The summed E-state index contributed by atoms with van der Waals surface area (Å²) in [5.74, 6) is 1.52. The molecule has 2 N–H and O–H groups in total. The zero-order chi connectivity index (χ0) is 16.8. The van der Waals surface area contributed by atoms with E-state index in [2.05, 4.69) is 10.6 Å². The van der Waals surface area contributed by atoms with E-state index in [1.807, 2.05) is 18.2 Å². The molecule has 1 saturated heterocycles. The quantitative estimate of drug-likeness (QED) is 0.802. The summed E-state index contributed by atoms with van der Waals surface area (Å²) in [6, 6.07) is 5.47. The molecule has 6 nitrogen and oxygen atoms in total. The summed E-state index contributed by atoms with van der Waals surface area (Å²) in [5.41, 5.74) is 0.966. The van der Waals surface area contributed by atoms with Gasteiger partial charge in [-0.05, 0) is 37.8 Å². The molecule has 0 spiro atoms. The average molecular weight is 371 g/mol. The second kappa shape index (κ2) is 9.85. The number of hydrogen-bond acceptors (Lipinski definition) is 5. The van der Waals surface area contributed by atoms with Crippen molar-refractivity contribution in [3.8, 4) is 11.5 Å². The summed E-state index contributed by atoms with van der Waals surface area (Å²) in [4.78, 5) is 12.2. The second-order valence-corrected chi connectivity index (χ2v) is 6.30. The van der Waals surface area contributed by atoms with Crippen LogP contribution in [0.15, 0.2) is 18.2 Å². The van der Waals surface area contributed by atoms with Crippen molar-refractivity contribution < 1.29 is 19.0 Å². The summed E-state index contributed by atoms with van der Waals surface area (Å²) in [6.45, 7) is 2.21. The van der Waals surface area contributed by atoms with Crippen LogP contribution in [0.5, 0.6) is 11.5 Å². The fourth-order valence-electron chi connectivity index (χ4n) is 3.14. The molecule has 0 bridgehead atoms. The van der Waals surface area contributed by atoms with Crippen molar-refractivity contribution in [3.05, 3.63) is 23.8 Å². The van der Waals surface area contributed by atoms with Gasteiger partial charge in [-0.15, -0.1) is 12.4 Å². The maximum Gasteiger partial charge on any atom is 0.239 e. The first-order chi connectivity index (χ1) is 11.8. The number of carbonyl (C=O) groups is 1. The molecule has 1 atom stereocenters. The number of benzene rings is 1. The lowest BCUT2D eigenvalue weighted by Crippen LogP contribution is -2.51. The third-order valence-electron chi connectivity index (χ3n) is 4.56. The predicted molar refractivity (Wildman–Crippen MR) is 97.6 cm³/mol. The van der Waals surface area contributed by atoms with Crippen molar-refractivity contribution in [1.29, 1.82) is 0 Å². The fourth-order valence-corrected chi connectivity index (χ4v) is 3.14. The molecule has 0 radical (unpaired) electrons. The van der Waals surface area contributed by atoms with Crippen LogP contribution in [-0.2, 0) is 16.1 Å². The number of rotatable bonds is 6. The molecule has 1 amide bonds. The van der Waals surface area contributed by atoms with Crippen LogP contribution in [0.2, 0.25) is 0 Å². The molecular formula is C18H27ClN2O4. The standard InChI is InChI=1S/C18H26N2O4.ClH/c1-22-15-7-6-13(17(10-15)24-14-4-2-3-5-14)11-20-18(21)16-12-23-9-8-19-16;/h6-7,10,14,16,19H,2-5,8-9,11-12H2,1H3,(H,20,21);1H. The van der Waals surface area contributed by atoms with Gasteiger partial charge in [0.2, 0.25) is 5.91 Å². The Morgan fingerprint density at radius 1 is 1.36 bits per heavy atom. The van der Waals surface area contributed by atoms with E-state index in [1.165, 1.54) is 12.8 Å². The first-order valence-electron chi connectivity index (χ1n) is 8.68. The van der Waals surface area contributed by atoms with Crippen LogP contribution >= 0.6 is 12.4 Å². The third kappa shape index (κ3) is 5.49. The molecule has 1 aliphatic heterocycles. The number of halogens is 1. The summed E-state index contributed by atoms with van der Waals surface area (Å²) >= 11 is 0. The van der Waals surface area contributed by atoms with Crippen LogP contribution in [0.4, 0.5) is 0 Å². The molecule has 1 unspecified atom stereocenters. The predicted octanol–water partition coefficient (Wildman–Crippen LogP) is 2.04. The minimum Gasteiger partial charge on any atom is -0.497 e. The lowest BCUT2D eigenvalue weighted by atomic mass is 10.1. The van der Waals surface area contributed by atoms with Gasteiger partial charge in [-0.1, -0.05) is 0 Å². The Morgan fingerprint density at radius 3 is 2.84 bits per heavy atom. The largest absolute Gasteiger partial charge is 0.497 e. The second-order valence-electron chi connectivity index (χ2n) is 6.30. The van der Waals surface area contributed by atoms with E-state index in [1.54, 1.807) is 7.11 Å². The first-order valence-corrected chi connectivity index (χ1v) is 8.68. The number of nitrogens with one attached hydrogen (secondary N) is 2. The molecular weight excluding hydrogens is 344 g/mol. The number of ether oxygens (including phenoxy) is 3. The SMILES string of the molecule is COc1ccc(CNC(=O)C2COCCN2)c(OC2CCCC2)c1.Cl. The van der Waals surface area contributed by atoms with Gasteiger partial charge in [0.15, 0.2) is 0 Å². The maximum absolute atomic E-state index is 12.2. The van der Waals surface area contributed by atoms with E-state index < -0.39 is 0 Å². The number of morpholine rings is 1. The number of hydrogen-bond donors (Lipinski definition) is 2. The van der Waals surface area contributed by atoms with Crippen molar-refractivity contribution in [1.82, 2.24) is 10.6 Å². The number of amides is 1. The molecule has 1 aromatic rings. The van der Waals surface area contributed by atoms with Crippen molar-refractivity contribution in [2.45, 2.75) is 44.4 Å². The average Bonchev–Trinajstić information content (AvgIpc) is 3.14. The van der Waals surface area contributed by atoms with Gasteiger partial charge in [-0.25, -0.2) is 0 Å². The van der Waals surface area contributed by atoms with Gasteiger partial charge < -0.3 is 24.8 Å². The van der Waals surface area contributed by atoms with Crippen molar-refractivity contribution in [2.24, 2.45) is 0 Å². The highest BCUT2D eigenvalue weighted by Gasteiger charge is 2.22. The van der Waals surface area contributed by atoms with Crippen LogP contribution in [0.25, 0.3) is 0 Å². The molecule has 1 aromatic carbocycles. The summed E-state index contributed by atoms with van der Waals surface area (Å²) in [7, 11) is 1.64. The van der Waals surface area contributed by atoms with E-state index in [-0.39, 0.29) is 30.5 Å². The summed E-state index contributed by atoms with van der Waals surface area (Å²) in [6.07, 6.45) is 4.88. The molecule has 1 aliphatic carbocycles. The normalized spacial score (nSPS) is 20.6. The lowest BCUT2D eigenvalue weighted by molar-refractivity contribution is -0.126. The van der Waals surface area contributed by atoms with Gasteiger partial charge >= 0.3 is 0 Å². The highest BCUT2D eigenvalue weighted by Crippen LogP contribution is 2.30. The minimum atomic E-state index is -0.281. The van der Waals surface area contributed by atoms with Crippen LogP contribution in [0, 0.1) is 0 Å². The van der Waals surface area contributed by atoms with Gasteiger partial charge in [0.05, 0.1) is 26.4 Å². The van der Waals surface area contributed by atoms with E-state index in [0.29, 0.717) is 26.3 Å². The monoisotopic (exact) mass is 370 g/mol. The van der Waals surface area contributed by atoms with Gasteiger partial charge in [-0.3, -0.25) is 4.79 Å². The van der Waals surface area contributed by atoms with Crippen LogP contribution in [0.3, 0.4) is 0 Å². The van der Waals surface area contributed by atoms with E-state index in [9.17, 15) is 4.79 Å². The molecule has 140 valence electrons. The molecule has 2 fully saturated rings. The Labute approximate surface area is 155 Å². The van der Waals surface area contributed by atoms with Gasteiger partial charge in [0.1, 0.15) is 17.5 Å². The molecule has 3 rings (SSSR count). The van der Waals surface area contributed by atoms with Gasteiger partial charge in [-0.2, -0.15) is 0 Å². The minimum absolute atomic E-state index is 0. The topological polar surface area (TPSA) is 68.8 Å². The Bertz CT molecular complexity index is 558.